The summed E-state index contributed by atoms with van der Waals surface area (Å²) in [6.07, 6.45) is 13.2. The van der Waals surface area contributed by atoms with Gasteiger partial charge in [-0.15, -0.1) is 0 Å². The Bertz CT molecular complexity index is 808. The molecule has 1 heterocycles. The summed E-state index contributed by atoms with van der Waals surface area (Å²) in [5.74, 6) is -0.908. The van der Waals surface area contributed by atoms with E-state index in [2.05, 4.69) is 52.7 Å². The number of rotatable bonds is 8. The minimum Gasteiger partial charge on any atom is -0.478 e. The molecule has 3 rings (SSSR count). The number of para-hydroxylation sites is 1. The molecule has 2 N–H and O–H groups in total. The number of allylic oxidation sites excluding steroid dienone is 5. The van der Waals surface area contributed by atoms with Gasteiger partial charge in [-0.1, -0.05) is 48.0 Å². The minimum atomic E-state index is -0.908. The maximum Gasteiger partial charge on any atom is 0.328 e. The van der Waals surface area contributed by atoms with Crippen LogP contribution >= 0.6 is 11.6 Å². The van der Waals surface area contributed by atoms with E-state index >= 15 is 0 Å². The summed E-state index contributed by atoms with van der Waals surface area (Å²) < 4.78 is 0. The van der Waals surface area contributed by atoms with Crippen LogP contribution in [-0.4, -0.2) is 30.7 Å². The van der Waals surface area contributed by atoms with E-state index in [0.717, 1.165) is 43.8 Å². The Morgan fingerprint density at radius 3 is 2.93 bits per heavy atom. The fourth-order valence-corrected chi connectivity index (χ4v) is 3.63. The highest BCUT2D eigenvalue weighted by Gasteiger charge is 2.22. The van der Waals surface area contributed by atoms with Crippen molar-refractivity contribution in [1.29, 1.82) is 0 Å². The molecule has 0 unspecified atom stereocenters. The molecule has 0 amide bonds. The van der Waals surface area contributed by atoms with Gasteiger partial charge in [-0.25, -0.2) is 4.79 Å². The number of carbonyl (C=O) groups is 1. The molecule has 0 bridgehead atoms. The number of fused-ring (bicyclic) bond motifs is 2. The maximum atomic E-state index is 10.4. The molecule has 0 spiro atoms. The Hall–Kier alpha value is -2.30. The molecular formula is C22H25ClN2O2. The van der Waals surface area contributed by atoms with E-state index in [0.29, 0.717) is 6.54 Å². The average Bonchev–Trinajstić information content (AvgIpc) is 2.80. The smallest absolute Gasteiger partial charge is 0.328 e. The number of carboxylic acid groups (broad SMARTS) is 1. The van der Waals surface area contributed by atoms with Crippen molar-refractivity contribution in [3.8, 4) is 0 Å². The van der Waals surface area contributed by atoms with Crippen molar-refractivity contribution in [2.45, 2.75) is 25.7 Å². The Morgan fingerprint density at radius 2 is 2.07 bits per heavy atom. The van der Waals surface area contributed by atoms with Crippen LogP contribution < -0.4 is 10.2 Å². The normalized spacial score (nSPS) is 16.2. The predicted octanol–water partition coefficient (Wildman–Crippen LogP) is 4.40. The molecular weight excluding hydrogens is 360 g/mol. The lowest BCUT2D eigenvalue weighted by atomic mass is 10.0. The molecule has 5 heteroatoms. The minimum absolute atomic E-state index is 0.581. The molecule has 0 saturated heterocycles. The van der Waals surface area contributed by atoms with E-state index in [1.54, 1.807) is 6.08 Å². The Kier molecular flexibility index (Phi) is 6.91. The second kappa shape index (κ2) is 9.58. The first-order valence-electron chi connectivity index (χ1n) is 9.37. The Balaban J connectivity index is 1.62. The Labute approximate surface area is 165 Å². The van der Waals surface area contributed by atoms with Crippen molar-refractivity contribution in [2.75, 3.05) is 24.5 Å². The van der Waals surface area contributed by atoms with Crippen LogP contribution in [0.2, 0.25) is 0 Å². The van der Waals surface area contributed by atoms with Crippen LogP contribution in [0.15, 0.2) is 70.9 Å². The van der Waals surface area contributed by atoms with E-state index in [1.807, 2.05) is 0 Å². The molecule has 0 saturated carbocycles. The first-order chi connectivity index (χ1) is 13.1. The van der Waals surface area contributed by atoms with E-state index < -0.39 is 5.97 Å². The van der Waals surface area contributed by atoms with Crippen molar-refractivity contribution >= 4 is 23.3 Å². The van der Waals surface area contributed by atoms with Crippen molar-refractivity contribution < 1.29 is 9.90 Å². The highest BCUT2D eigenvalue weighted by atomic mass is 35.5. The number of unbranched alkanes of at least 4 members (excludes halogenated alkanes) is 1. The number of nitrogens with zero attached hydrogens (tertiary/aromatic N) is 1. The van der Waals surface area contributed by atoms with Crippen molar-refractivity contribution in [2.24, 2.45) is 0 Å². The van der Waals surface area contributed by atoms with Crippen LogP contribution in [0.3, 0.4) is 0 Å². The molecule has 142 valence electrons. The zero-order valence-electron chi connectivity index (χ0n) is 15.3. The maximum absolute atomic E-state index is 10.4. The SMILES string of the molecule is O=C(O)/C=C/CNCCCCN1C2=CC(Cl)=CCC2=CCc2ccccc21. The van der Waals surface area contributed by atoms with Gasteiger partial charge in [0.15, 0.2) is 0 Å². The number of hydrogen-bond acceptors (Lipinski definition) is 3. The summed E-state index contributed by atoms with van der Waals surface area (Å²) >= 11 is 6.31. The molecule has 1 aliphatic heterocycles. The molecule has 2 aliphatic rings. The zero-order chi connectivity index (χ0) is 19.1. The van der Waals surface area contributed by atoms with Gasteiger partial charge in [-0.2, -0.15) is 0 Å². The lowest BCUT2D eigenvalue weighted by Gasteiger charge is -2.30. The topological polar surface area (TPSA) is 52.6 Å². The molecule has 0 fully saturated rings. The van der Waals surface area contributed by atoms with Gasteiger partial charge in [-0.3, -0.25) is 0 Å². The molecule has 0 radical (unpaired) electrons. The van der Waals surface area contributed by atoms with Gasteiger partial charge in [0.25, 0.3) is 0 Å². The number of halogens is 1. The molecule has 0 aromatic heterocycles. The molecule has 4 nitrogen and oxygen atoms in total. The van der Waals surface area contributed by atoms with Gasteiger partial charge in [0.1, 0.15) is 0 Å². The van der Waals surface area contributed by atoms with Gasteiger partial charge >= 0.3 is 5.97 Å². The summed E-state index contributed by atoms with van der Waals surface area (Å²) in [4.78, 5) is 12.8. The third-order valence-corrected chi connectivity index (χ3v) is 5.03. The number of anilines is 1. The van der Waals surface area contributed by atoms with Gasteiger partial charge in [-0.05, 0) is 55.5 Å². The Morgan fingerprint density at radius 1 is 1.22 bits per heavy atom. The highest BCUT2D eigenvalue weighted by molar-refractivity contribution is 6.31. The average molecular weight is 385 g/mol. The fourth-order valence-electron chi connectivity index (χ4n) is 3.45. The summed E-state index contributed by atoms with van der Waals surface area (Å²) in [6.45, 7) is 2.37. The largest absolute Gasteiger partial charge is 0.478 e. The van der Waals surface area contributed by atoms with Crippen LogP contribution in [0.4, 0.5) is 5.69 Å². The quantitative estimate of drug-likeness (QED) is 0.515. The van der Waals surface area contributed by atoms with Crippen LogP contribution in [0.25, 0.3) is 0 Å². The summed E-state index contributed by atoms with van der Waals surface area (Å²) in [7, 11) is 0. The van der Waals surface area contributed by atoms with Gasteiger partial charge < -0.3 is 15.3 Å². The second-order valence-electron chi connectivity index (χ2n) is 6.69. The van der Waals surface area contributed by atoms with E-state index in [9.17, 15) is 4.79 Å². The standard InChI is InChI=1S/C22H25ClN2O2/c23-19-12-11-18-10-9-17-6-1-2-7-20(17)25(21(18)16-19)15-4-3-13-24-14-5-8-22(26)27/h1-2,5-8,10,12,16,24H,3-4,9,11,13-15H2,(H,26,27)/b8-5+. The first-order valence-corrected chi connectivity index (χ1v) is 9.75. The van der Waals surface area contributed by atoms with Gasteiger partial charge in [0, 0.05) is 35.6 Å². The monoisotopic (exact) mass is 384 g/mol. The molecule has 1 aromatic carbocycles. The van der Waals surface area contributed by atoms with Gasteiger partial charge in [0.05, 0.1) is 0 Å². The van der Waals surface area contributed by atoms with Crippen LogP contribution in [0, 0.1) is 0 Å². The van der Waals surface area contributed by atoms with Crippen molar-refractivity contribution in [3.05, 3.63) is 76.5 Å². The number of nitrogens with one attached hydrogen (secondary N) is 1. The lowest BCUT2D eigenvalue weighted by molar-refractivity contribution is -0.131. The van der Waals surface area contributed by atoms with Crippen molar-refractivity contribution in [1.82, 2.24) is 5.32 Å². The summed E-state index contributed by atoms with van der Waals surface area (Å²) in [6, 6.07) is 8.57. The number of hydrogen-bond donors (Lipinski definition) is 2. The molecule has 27 heavy (non-hydrogen) atoms. The highest BCUT2D eigenvalue weighted by Crippen LogP contribution is 2.36. The van der Waals surface area contributed by atoms with Crippen LogP contribution in [0.1, 0.15) is 24.8 Å². The van der Waals surface area contributed by atoms with E-state index in [-0.39, 0.29) is 0 Å². The van der Waals surface area contributed by atoms with Gasteiger partial charge in [0.2, 0.25) is 0 Å². The predicted molar refractivity (Wildman–Crippen MR) is 111 cm³/mol. The first kappa shape index (κ1) is 19.5. The summed E-state index contributed by atoms with van der Waals surface area (Å²) in [5, 5.41) is 12.6. The number of aliphatic carboxylic acids is 1. The van der Waals surface area contributed by atoms with E-state index in [4.69, 9.17) is 16.7 Å². The van der Waals surface area contributed by atoms with Crippen LogP contribution in [0.5, 0.6) is 0 Å². The summed E-state index contributed by atoms with van der Waals surface area (Å²) in [5.41, 5.74) is 5.16. The third kappa shape index (κ3) is 5.34. The molecule has 1 aromatic rings. The number of carboxylic acids is 1. The molecule has 0 atom stereocenters. The zero-order valence-corrected chi connectivity index (χ0v) is 16.1. The molecule has 1 aliphatic carbocycles. The second-order valence-corrected chi connectivity index (χ2v) is 7.12. The lowest BCUT2D eigenvalue weighted by Crippen LogP contribution is -2.26. The third-order valence-electron chi connectivity index (χ3n) is 4.77. The van der Waals surface area contributed by atoms with Crippen LogP contribution in [-0.2, 0) is 11.2 Å². The van der Waals surface area contributed by atoms with E-state index in [1.165, 1.54) is 28.6 Å². The van der Waals surface area contributed by atoms with Crippen molar-refractivity contribution in [3.63, 3.8) is 0 Å². The fraction of sp³-hybridized carbons (Fsp3) is 0.318. The number of benzene rings is 1.